The molecule has 0 fully saturated rings. The Morgan fingerprint density at radius 2 is 1.59 bits per heavy atom. The van der Waals surface area contributed by atoms with Gasteiger partial charge in [-0.2, -0.15) is 13.2 Å². The Balaban J connectivity index is 3.26. The van der Waals surface area contributed by atoms with Crippen molar-refractivity contribution in [2.24, 2.45) is 0 Å². The second-order valence-electron chi connectivity index (χ2n) is 3.17. The van der Waals surface area contributed by atoms with E-state index in [1.54, 1.807) is 0 Å². The van der Waals surface area contributed by atoms with Crippen LogP contribution in [0.5, 0.6) is 11.5 Å². The van der Waals surface area contributed by atoms with Gasteiger partial charge >= 0.3 is 6.18 Å². The maximum Gasteiger partial charge on any atom is 0.418 e. The van der Waals surface area contributed by atoms with E-state index in [-0.39, 0.29) is 11.5 Å². The Bertz CT molecular complexity index is 403. The minimum absolute atomic E-state index is 0.0527. The number of hydrogen-bond acceptors (Lipinski definition) is 3. The summed E-state index contributed by atoms with van der Waals surface area (Å²) in [5, 5.41) is 8.96. The van der Waals surface area contributed by atoms with Gasteiger partial charge in [0.25, 0.3) is 0 Å². The zero-order valence-corrected chi connectivity index (χ0v) is 9.01. The molecular formula is C10H10F4O3. The van der Waals surface area contributed by atoms with Gasteiger partial charge in [-0.1, -0.05) is 0 Å². The summed E-state index contributed by atoms with van der Waals surface area (Å²) < 4.78 is 59.5. The molecule has 17 heavy (non-hydrogen) atoms. The first-order chi connectivity index (χ1) is 7.81. The van der Waals surface area contributed by atoms with Crippen molar-refractivity contribution < 1.29 is 32.1 Å². The summed E-state index contributed by atoms with van der Waals surface area (Å²) in [6, 6.07) is 1.48. The van der Waals surface area contributed by atoms with E-state index < -0.39 is 23.7 Å². The third-order valence-electron chi connectivity index (χ3n) is 2.11. The zero-order valence-electron chi connectivity index (χ0n) is 9.01. The Hall–Kier alpha value is -1.50. The second-order valence-corrected chi connectivity index (χ2v) is 3.17. The molecule has 0 aliphatic heterocycles. The smallest absolute Gasteiger partial charge is 0.418 e. The van der Waals surface area contributed by atoms with Crippen molar-refractivity contribution in [2.75, 3.05) is 14.2 Å². The monoisotopic (exact) mass is 254 g/mol. The molecule has 0 radical (unpaired) electrons. The van der Waals surface area contributed by atoms with Crippen molar-refractivity contribution in [3.63, 3.8) is 0 Å². The maximum absolute atomic E-state index is 13.3. The number of ether oxygens (including phenoxy) is 2. The van der Waals surface area contributed by atoms with E-state index in [4.69, 9.17) is 14.6 Å². The third-order valence-corrected chi connectivity index (χ3v) is 2.11. The molecule has 0 spiro atoms. The lowest BCUT2D eigenvalue weighted by Crippen LogP contribution is -2.21. The minimum atomic E-state index is -4.94. The fourth-order valence-electron chi connectivity index (χ4n) is 1.26. The molecule has 0 aliphatic rings. The van der Waals surface area contributed by atoms with Gasteiger partial charge in [-0.05, 0) is 6.07 Å². The maximum atomic E-state index is 13.3. The van der Waals surface area contributed by atoms with Crippen LogP contribution in [0.4, 0.5) is 17.6 Å². The number of halogens is 4. The average molecular weight is 254 g/mol. The van der Waals surface area contributed by atoms with E-state index in [0.717, 1.165) is 12.1 Å². The van der Waals surface area contributed by atoms with Crippen LogP contribution in [0.25, 0.3) is 0 Å². The molecule has 96 valence electrons. The summed E-state index contributed by atoms with van der Waals surface area (Å²) in [5.41, 5.74) is -0.907. The summed E-state index contributed by atoms with van der Waals surface area (Å²) in [7, 11) is 2.41. The number of aliphatic hydroxyl groups excluding tert-OH is 1. The molecule has 1 atom stereocenters. The number of rotatable bonds is 3. The zero-order chi connectivity index (χ0) is 13.2. The SMILES string of the molecule is COc1cc(F)c(C(O)C(F)(F)F)cc1OC. The molecule has 1 N–H and O–H groups in total. The minimum Gasteiger partial charge on any atom is -0.493 e. The Labute approximate surface area is 94.6 Å². The summed E-state index contributed by atoms with van der Waals surface area (Å²) in [5.74, 6) is -1.36. The van der Waals surface area contributed by atoms with E-state index in [1.807, 2.05) is 0 Å². The number of methoxy groups -OCH3 is 2. The Morgan fingerprint density at radius 3 is 2.00 bits per heavy atom. The molecule has 0 saturated heterocycles. The molecule has 0 saturated carbocycles. The van der Waals surface area contributed by atoms with Crippen LogP contribution in [0.1, 0.15) is 11.7 Å². The predicted octanol–water partition coefficient (Wildman–Crippen LogP) is 2.44. The predicted molar refractivity (Wildman–Crippen MR) is 50.5 cm³/mol. The van der Waals surface area contributed by atoms with E-state index >= 15 is 0 Å². The van der Waals surface area contributed by atoms with Gasteiger partial charge in [0, 0.05) is 11.6 Å². The summed E-state index contributed by atoms with van der Waals surface area (Å²) in [4.78, 5) is 0. The highest BCUT2D eigenvalue weighted by Gasteiger charge is 2.41. The van der Waals surface area contributed by atoms with Gasteiger partial charge in [-0.25, -0.2) is 4.39 Å². The quantitative estimate of drug-likeness (QED) is 0.842. The number of aliphatic hydroxyl groups is 1. The highest BCUT2D eigenvalue weighted by Crippen LogP contribution is 2.38. The van der Waals surface area contributed by atoms with E-state index in [9.17, 15) is 17.6 Å². The first-order valence-corrected chi connectivity index (χ1v) is 4.47. The van der Waals surface area contributed by atoms with Crippen LogP contribution in [-0.2, 0) is 0 Å². The highest BCUT2D eigenvalue weighted by atomic mass is 19.4. The van der Waals surface area contributed by atoms with Gasteiger partial charge in [-0.15, -0.1) is 0 Å². The van der Waals surface area contributed by atoms with Crippen molar-refractivity contribution in [3.05, 3.63) is 23.5 Å². The molecule has 3 nitrogen and oxygen atoms in total. The summed E-state index contributed by atoms with van der Waals surface area (Å²) in [6.45, 7) is 0. The molecule has 0 bridgehead atoms. The fraction of sp³-hybridized carbons (Fsp3) is 0.400. The van der Waals surface area contributed by atoms with Crippen LogP contribution in [0.15, 0.2) is 12.1 Å². The van der Waals surface area contributed by atoms with E-state index in [0.29, 0.717) is 0 Å². The third kappa shape index (κ3) is 2.79. The molecular weight excluding hydrogens is 244 g/mol. The molecule has 1 aromatic rings. The summed E-state index contributed by atoms with van der Waals surface area (Å²) in [6.07, 6.45) is -7.84. The van der Waals surface area contributed by atoms with Gasteiger partial charge in [0.1, 0.15) is 5.82 Å². The normalized spacial score (nSPS) is 13.4. The molecule has 0 heterocycles. The van der Waals surface area contributed by atoms with Gasteiger partial charge in [0.2, 0.25) is 0 Å². The first-order valence-electron chi connectivity index (χ1n) is 4.47. The standard InChI is InChI=1S/C10H10F4O3/c1-16-7-3-5(9(15)10(12,13)14)6(11)4-8(7)17-2/h3-4,9,15H,1-2H3. The van der Waals surface area contributed by atoms with Crippen LogP contribution in [0, 0.1) is 5.82 Å². The van der Waals surface area contributed by atoms with E-state index in [2.05, 4.69) is 0 Å². The molecule has 0 aliphatic carbocycles. The molecule has 7 heteroatoms. The Kier molecular flexibility index (Phi) is 3.82. The van der Waals surface area contributed by atoms with Crippen LogP contribution in [-0.4, -0.2) is 25.5 Å². The van der Waals surface area contributed by atoms with Crippen molar-refractivity contribution >= 4 is 0 Å². The topological polar surface area (TPSA) is 38.7 Å². The second kappa shape index (κ2) is 4.79. The number of benzene rings is 1. The molecule has 0 amide bonds. The van der Waals surface area contributed by atoms with Crippen LogP contribution < -0.4 is 9.47 Å². The molecule has 0 aromatic heterocycles. The fourth-order valence-corrected chi connectivity index (χ4v) is 1.26. The lowest BCUT2D eigenvalue weighted by Gasteiger charge is -2.17. The van der Waals surface area contributed by atoms with Crippen LogP contribution in [0.3, 0.4) is 0 Å². The van der Waals surface area contributed by atoms with Crippen molar-refractivity contribution in [2.45, 2.75) is 12.3 Å². The van der Waals surface area contributed by atoms with Crippen molar-refractivity contribution in [1.29, 1.82) is 0 Å². The van der Waals surface area contributed by atoms with Gasteiger partial charge in [0.15, 0.2) is 17.6 Å². The van der Waals surface area contributed by atoms with Gasteiger partial charge in [0.05, 0.1) is 14.2 Å². The number of alkyl halides is 3. The van der Waals surface area contributed by atoms with Crippen molar-refractivity contribution in [3.8, 4) is 11.5 Å². The van der Waals surface area contributed by atoms with Gasteiger partial charge in [-0.3, -0.25) is 0 Å². The van der Waals surface area contributed by atoms with Crippen molar-refractivity contribution in [1.82, 2.24) is 0 Å². The van der Waals surface area contributed by atoms with E-state index in [1.165, 1.54) is 14.2 Å². The molecule has 1 unspecified atom stereocenters. The molecule has 1 rings (SSSR count). The number of hydrogen-bond donors (Lipinski definition) is 1. The largest absolute Gasteiger partial charge is 0.493 e. The van der Waals surface area contributed by atoms with Crippen LogP contribution >= 0.6 is 0 Å². The summed E-state index contributed by atoms with van der Waals surface area (Å²) >= 11 is 0. The average Bonchev–Trinajstić information content (AvgIpc) is 2.26. The first kappa shape index (κ1) is 13.6. The highest BCUT2D eigenvalue weighted by molar-refractivity contribution is 5.44. The van der Waals surface area contributed by atoms with Gasteiger partial charge < -0.3 is 14.6 Å². The lowest BCUT2D eigenvalue weighted by atomic mass is 10.1. The lowest BCUT2D eigenvalue weighted by molar-refractivity contribution is -0.207. The molecule has 1 aromatic carbocycles. The Morgan fingerprint density at radius 1 is 1.12 bits per heavy atom. The van der Waals surface area contributed by atoms with Crippen LogP contribution in [0.2, 0.25) is 0 Å².